The van der Waals surface area contributed by atoms with Crippen molar-refractivity contribution < 1.29 is 0 Å². The van der Waals surface area contributed by atoms with Gasteiger partial charge < -0.3 is 4.98 Å². The second-order valence-corrected chi connectivity index (χ2v) is 12.9. The SMILES string of the molecule is Cc1c(-c2[nH]c3sc([C@H]4C[C@@H]5CC[C@H]4CN5Cc4cn(C)nn4)c(C)c3c2C(C)C)cn2ncnc2c1C. The Labute approximate surface area is 227 Å². The van der Waals surface area contributed by atoms with Gasteiger partial charge in [0.15, 0.2) is 5.65 Å². The maximum Gasteiger partial charge on any atom is 0.158 e. The van der Waals surface area contributed by atoms with Gasteiger partial charge in [-0.3, -0.25) is 9.58 Å². The second-order valence-electron chi connectivity index (χ2n) is 11.8. The first-order valence-electron chi connectivity index (χ1n) is 13.8. The van der Waals surface area contributed by atoms with Crippen LogP contribution < -0.4 is 0 Å². The maximum atomic E-state index is 4.46. The van der Waals surface area contributed by atoms with Gasteiger partial charge in [-0.25, -0.2) is 9.50 Å². The number of nitrogens with zero attached hydrogens (tertiary/aromatic N) is 7. The van der Waals surface area contributed by atoms with E-state index < -0.39 is 0 Å². The first kappa shape index (κ1) is 24.0. The average molecular weight is 529 g/mol. The molecule has 1 saturated carbocycles. The molecular formula is C29H36N8S. The van der Waals surface area contributed by atoms with Crippen LogP contribution in [0.3, 0.4) is 0 Å². The van der Waals surface area contributed by atoms with Crippen molar-refractivity contribution in [2.24, 2.45) is 13.0 Å². The first-order valence-corrected chi connectivity index (χ1v) is 14.7. The van der Waals surface area contributed by atoms with E-state index in [4.69, 9.17) is 0 Å². The molecule has 3 aliphatic rings. The van der Waals surface area contributed by atoms with Gasteiger partial charge in [-0.05, 0) is 80.0 Å². The van der Waals surface area contributed by atoms with E-state index >= 15 is 0 Å². The molecule has 1 aliphatic carbocycles. The van der Waals surface area contributed by atoms with Crippen LogP contribution in [0.25, 0.3) is 27.1 Å². The molecule has 5 aromatic heterocycles. The molecule has 7 heterocycles. The third-order valence-corrected chi connectivity index (χ3v) is 10.6. The molecule has 8 nitrogen and oxygen atoms in total. The van der Waals surface area contributed by atoms with E-state index in [1.807, 2.05) is 27.6 Å². The lowest BCUT2D eigenvalue weighted by molar-refractivity contribution is 0.0257. The van der Waals surface area contributed by atoms with Crippen LogP contribution in [-0.2, 0) is 13.6 Å². The van der Waals surface area contributed by atoms with Gasteiger partial charge in [0.25, 0.3) is 0 Å². The number of aromatic amines is 1. The van der Waals surface area contributed by atoms with E-state index in [0.717, 1.165) is 24.4 Å². The summed E-state index contributed by atoms with van der Waals surface area (Å²) in [5, 5.41) is 14.4. The molecule has 38 heavy (non-hydrogen) atoms. The molecule has 0 amide bonds. The number of pyridine rings is 1. The van der Waals surface area contributed by atoms with Crippen molar-refractivity contribution >= 4 is 27.2 Å². The molecule has 198 valence electrons. The topological polar surface area (TPSA) is 79.9 Å². The Morgan fingerprint density at radius 1 is 1.11 bits per heavy atom. The number of hydrogen-bond donors (Lipinski definition) is 1. The third kappa shape index (κ3) is 3.58. The highest BCUT2D eigenvalue weighted by Gasteiger charge is 2.42. The van der Waals surface area contributed by atoms with Crippen molar-refractivity contribution in [1.29, 1.82) is 0 Å². The van der Waals surface area contributed by atoms with Crippen molar-refractivity contribution in [3.05, 3.63) is 51.5 Å². The highest BCUT2D eigenvalue weighted by atomic mass is 32.1. The Bertz CT molecular complexity index is 1670. The second kappa shape index (κ2) is 8.74. The third-order valence-electron chi connectivity index (χ3n) is 9.24. The fraction of sp³-hybridized carbons (Fsp3) is 0.517. The Morgan fingerprint density at radius 3 is 2.66 bits per heavy atom. The van der Waals surface area contributed by atoms with Crippen LogP contribution in [0.2, 0.25) is 0 Å². The molecule has 2 saturated heterocycles. The quantitative estimate of drug-likeness (QED) is 0.308. The van der Waals surface area contributed by atoms with E-state index in [2.05, 4.69) is 77.3 Å². The summed E-state index contributed by atoms with van der Waals surface area (Å²) in [4.78, 5) is 14.0. The van der Waals surface area contributed by atoms with Crippen molar-refractivity contribution in [2.45, 2.75) is 78.3 Å². The fourth-order valence-electron chi connectivity index (χ4n) is 7.25. The number of aromatic nitrogens is 7. The highest BCUT2D eigenvalue weighted by molar-refractivity contribution is 7.19. The highest BCUT2D eigenvalue weighted by Crippen LogP contribution is 2.51. The normalized spacial score (nSPS) is 22.0. The summed E-state index contributed by atoms with van der Waals surface area (Å²) in [7, 11) is 1.95. The largest absolute Gasteiger partial charge is 0.346 e. The smallest absolute Gasteiger partial charge is 0.158 e. The van der Waals surface area contributed by atoms with Crippen molar-refractivity contribution in [3.8, 4) is 11.3 Å². The van der Waals surface area contributed by atoms with Crippen molar-refractivity contribution in [2.75, 3.05) is 6.54 Å². The summed E-state index contributed by atoms with van der Waals surface area (Å²) in [6.45, 7) is 13.5. The number of nitrogens with one attached hydrogen (secondary N) is 1. The van der Waals surface area contributed by atoms with E-state index in [1.54, 1.807) is 11.2 Å². The number of hydrogen-bond acceptors (Lipinski definition) is 6. The summed E-state index contributed by atoms with van der Waals surface area (Å²) < 4.78 is 3.73. The minimum absolute atomic E-state index is 0.413. The van der Waals surface area contributed by atoms with Crippen LogP contribution in [-0.4, -0.2) is 52.1 Å². The summed E-state index contributed by atoms with van der Waals surface area (Å²) in [6.07, 6.45) is 9.73. The van der Waals surface area contributed by atoms with Gasteiger partial charge in [-0.1, -0.05) is 19.1 Å². The molecular weight excluding hydrogens is 492 g/mol. The minimum atomic E-state index is 0.413. The van der Waals surface area contributed by atoms with Crippen LogP contribution in [0, 0.1) is 26.7 Å². The molecule has 3 fully saturated rings. The Kier molecular flexibility index (Phi) is 5.53. The minimum Gasteiger partial charge on any atom is -0.346 e. The van der Waals surface area contributed by atoms with Crippen LogP contribution in [0.5, 0.6) is 0 Å². The zero-order chi connectivity index (χ0) is 26.3. The molecule has 0 spiro atoms. The number of rotatable bonds is 5. The predicted molar refractivity (Wildman–Crippen MR) is 152 cm³/mol. The lowest BCUT2D eigenvalue weighted by Crippen LogP contribution is -2.50. The molecule has 1 N–H and O–H groups in total. The molecule has 0 aromatic carbocycles. The van der Waals surface area contributed by atoms with Gasteiger partial charge in [0.2, 0.25) is 0 Å². The van der Waals surface area contributed by atoms with Crippen molar-refractivity contribution in [3.63, 3.8) is 0 Å². The average Bonchev–Trinajstić information content (AvgIpc) is 3.67. The van der Waals surface area contributed by atoms with E-state index in [-0.39, 0.29) is 0 Å². The molecule has 3 atom stereocenters. The Balaban J connectivity index is 1.26. The van der Waals surface area contributed by atoms with Gasteiger partial charge in [-0.2, -0.15) is 5.10 Å². The van der Waals surface area contributed by atoms with Gasteiger partial charge >= 0.3 is 0 Å². The van der Waals surface area contributed by atoms with Crippen LogP contribution in [0.1, 0.15) is 77.8 Å². The summed E-state index contributed by atoms with van der Waals surface area (Å²) in [6, 6.07) is 0.631. The van der Waals surface area contributed by atoms with Gasteiger partial charge in [0.05, 0.1) is 11.4 Å². The fourth-order valence-corrected chi connectivity index (χ4v) is 8.68. The van der Waals surface area contributed by atoms with Crippen LogP contribution >= 0.6 is 11.3 Å². The molecule has 9 heteroatoms. The molecule has 2 bridgehead atoms. The predicted octanol–water partition coefficient (Wildman–Crippen LogP) is 5.88. The summed E-state index contributed by atoms with van der Waals surface area (Å²) in [5.74, 6) is 1.77. The van der Waals surface area contributed by atoms with E-state index in [9.17, 15) is 0 Å². The summed E-state index contributed by atoms with van der Waals surface area (Å²) >= 11 is 2.01. The summed E-state index contributed by atoms with van der Waals surface area (Å²) in [5.41, 5.74) is 9.88. The first-order chi connectivity index (χ1) is 18.3. The van der Waals surface area contributed by atoms with Gasteiger partial charge in [-0.15, -0.1) is 16.4 Å². The number of H-pyrrole nitrogens is 1. The standard InChI is InChI=1S/C29H36N8S/c1-15(2)24-25-18(5)27(22-9-21-8-7-19(22)10-36(21)12-20-11-35(6)34-33-20)38-29(25)32-26(24)23-13-37-28(30-14-31-37)17(4)16(23)3/h11,13-15,19,21-22,32H,7-10,12H2,1-6H3/t19-,21-,22-/m0/s1. The zero-order valence-corrected chi connectivity index (χ0v) is 23.9. The van der Waals surface area contributed by atoms with Crippen LogP contribution in [0.15, 0.2) is 18.7 Å². The number of thiophene rings is 1. The Hall–Kier alpha value is -3.04. The molecule has 8 rings (SSSR count). The zero-order valence-electron chi connectivity index (χ0n) is 23.1. The number of aryl methyl sites for hydroxylation is 3. The van der Waals surface area contributed by atoms with Crippen molar-refractivity contribution in [1.82, 2.24) is 39.5 Å². The number of fused-ring (bicyclic) bond motifs is 5. The molecule has 0 unspecified atom stereocenters. The van der Waals surface area contributed by atoms with Gasteiger partial charge in [0, 0.05) is 54.4 Å². The molecule has 2 aliphatic heterocycles. The number of piperidine rings is 2. The molecule has 0 radical (unpaired) electrons. The van der Waals surface area contributed by atoms with E-state index in [0.29, 0.717) is 23.8 Å². The van der Waals surface area contributed by atoms with Gasteiger partial charge in [0.1, 0.15) is 11.2 Å². The monoisotopic (exact) mass is 528 g/mol. The lowest BCUT2D eigenvalue weighted by Gasteiger charge is -2.49. The lowest BCUT2D eigenvalue weighted by atomic mass is 9.70. The Morgan fingerprint density at radius 2 is 1.95 bits per heavy atom. The van der Waals surface area contributed by atoms with Crippen LogP contribution in [0.4, 0.5) is 0 Å². The molecule has 5 aromatic rings. The maximum absolute atomic E-state index is 4.46. The van der Waals surface area contributed by atoms with E-state index in [1.165, 1.54) is 63.0 Å².